The molecule has 0 unspecified atom stereocenters. The topological polar surface area (TPSA) is 62.9 Å². The first-order valence-electron chi connectivity index (χ1n) is 7.30. The molecule has 0 aliphatic heterocycles. The van der Waals surface area contributed by atoms with E-state index in [1.165, 1.54) is 7.11 Å². The lowest BCUT2D eigenvalue weighted by Crippen LogP contribution is -2.26. The minimum absolute atomic E-state index is 0.0536. The van der Waals surface area contributed by atoms with Crippen molar-refractivity contribution in [3.8, 4) is 0 Å². The molecule has 22 heavy (non-hydrogen) atoms. The predicted octanol–water partition coefficient (Wildman–Crippen LogP) is 2.63. The van der Waals surface area contributed by atoms with Gasteiger partial charge in [-0.05, 0) is 18.2 Å². The van der Waals surface area contributed by atoms with E-state index in [1.807, 2.05) is 42.2 Å². The van der Waals surface area contributed by atoms with Crippen LogP contribution >= 0.6 is 0 Å². The molecule has 0 bridgehead atoms. The van der Waals surface area contributed by atoms with Crippen LogP contribution in [0, 0.1) is 0 Å². The van der Waals surface area contributed by atoms with E-state index in [0.717, 1.165) is 17.0 Å². The summed E-state index contributed by atoms with van der Waals surface area (Å²) in [5.41, 5.74) is 1.94. The number of carbonyl (C=O) groups is 1. The third-order valence-corrected chi connectivity index (χ3v) is 3.46. The largest absolute Gasteiger partial charge is 0.463 e. The van der Waals surface area contributed by atoms with Crippen molar-refractivity contribution in [1.82, 2.24) is 0 Å². The first-order valence-corrected chi connectivity index (χ1v) is 7.30. The highest BCUT2D eigenvalue weighted by molar-refractivity contribution is 5.86. The molecule has 0 saturated carbocycles. The number of aryl methyl sites for hydroxylation is 1. The highest BCUT2D eigenvalue weighted by Crippen LogP contribution is 2.22. The van der Waals surface area contributed by atoms with Gasteiger partial charge in [0, 0.05) is 30.8 Å². The molecule has 2 aromatic rings. The molecular formula is C17H21NO4. The van der Waals surface area contributed by atoms with Crippen molar-refractivity contribution >= 4 is 11.7 Å². The van der Waals surface area contributed by atoms with E-state index < -0.39 is 5.97 Å². The lowest BCUT2D eigenvalue weighted by Gasteiger charge is -2.23. The number of aliphatic hydroxyl groups excluding tert-OH is 1. The van der Waals surface area contributed by atoms with Crippen molar-refractivity contribution < 1.29 is 19.1 Å². The molecule has 1 aromatic heterocycles. The van der Waals surface area contributed by atoms with Crippen LogP contribution in [-0.4, -0.2) is 31.3 Å². The van der Waals surface area contributed by atoms with Gasteiger partial charge in [-0.3, -0.25) is 0 Å². The Morgan fingerprint density at radius 2 is 2.05 bits per heavy atom. The normalized spacial score (nSPS) is 10.5. The zero-order chi connectivity index (χ0) is 15.9. The van der Waals surface area contributed by atoms with Gasteiger partial charge in [0.1, 0.15) is 5.76 Å². The van der Waals surface area contributed by atoms with E-state index in [0.29, 0.717) is 19.5 Å². The zero-order valence-corrected chi connectivity index (χ0v) is 12.9. The Bertz CT molecular complexity index is 606. The van der Waals surface area contributed by atoms with Crippen LogP contribution in [0.4, 0.5) is 5.69 Å². The van der Waals surface area contributed by atoms with E-state index in [9.17, 15) is 9.90 Å². The SMILES string of the molecule is CCc1oc(C(=O)OC)cc1CN(CCO)c1ccccc1. The molecule has 118 valence electrons. The second kappa shape index (κ2) is 7.66. The molecule has 0 fully saturated rings. The quantitative estimate of drug-likeness (QED) is 0.797. The number of nitrogens with zero attached hydrogens (tertiary/aromatic N) is 1. The fourth-order valence-corrected chi connectivity index (χ4v) is 2.37. The fraction of sp³-hybridized carbons (Fsp3) is 0.353. The molecule has 0 aliphatic carbocycles. The summed E-state index contributed by atoms with van der Waals surface area (Å²) in [5.74, 6) is 0.500. The monoisotopic (exact) mass is 303 g/mol. The average Bonchev–Trinajstić information content (AvgIpc) is 2.97. The van der Waals surface area contributed by atoms with Crippen molar-refractivity contribution in [2.24, 2.45) is 0 Å². The van der Waals surface area contributed by atoms with Crippen LogP contribution in [-0.2, 0) is 17.7 Å². The minimum Gasteiger partial charge on any atom is -0.463 e. The first kappa shape index (κ1) is 16.1. The number of rotatable bonds is 7. The second-order valence-electron chi connectivity index (χ2n) is 4.88. The number of aliphatic hydroxyl groups is 1. The van der Waals surface area contributed by atoms with Crippen LogP contribution in [0.25, 0.3) is 0 Å². The van der Waals surface area contributed by atoms with Crippen molar-refractivity contribution in [3.63, 3.8) is 0 Å². The number of benzene rings is 1. The molecular weight excluding hydrogens is 282 g/mol. The third-order valence-electron chi connectivity index (χ3n) is 3.46. The second-order valence-corrected chi connectivity index (χ2v) is 4.88. The summed E-state index contributed by atoms with van der Waals surface area (Å²) in [6.07, 6.45) is 0.689. The van der Waals surface area contributed by atoms with Crippen molar-refractivity contribution in [2.45, 2.75) is 19.9 Å². The van der Waals surface area contributed by atoms with Gasteiger partial charge in [-0.1, -0.05) is 25.1 Å². The Labute approximate surface area is 130 Å². The summed E-state index contributed by atoms with van der Waals surface area (Å²) in [6, 6.07) is 11.6. The molecule has 1 N–H and O–H groups in total. The number of carbonyl (C=O) groups excluding carboxylic acids is 1. The van der Waals surface area contributed by atoms with Crippen LogP contribution in [0.1, 0.15) is 28.8 Å². The standard InChI is InChI=1S/C17H21NO4/c1-3-15-13(11-16(22-15)17(20)21-2)12-18(9-10-19)14-7-5-4-6-8-14/h4-8,11,19H,3,9-10,12H2,1-2H3. The highest BCUT2D eigenvalue weighted by atomic mass is 16.5. The van der Waals surface area contributed by atoms with Gasteiger partial charge in [0.25, 0.3) is 0 Å². The van der Waals surface area contributed by atoms with E-state index >= 15 is 0 Å². The van der Waals surface area contributed by atoms with Gasteiger partial charge in [-0.25, -0.2) is 4.79 Å². The van der Waals surface area contributed by atoms with Crippen LogP contribution in [0.15, 0.2) is 40.8 Å². The maximum absolute atomic E-state index is 11.6. The van der Waals surface area contributed by atoms with Gasteiger partial charge >= 0.3 is 5.97 Å². The number of methoxy groups -OCH3 is 1. The molecule has 0 saturated heterocycles. The third kappa shape index (κ3) is 3.68. The maximum Gasteiger partial charge on any atom is 0.373 e. The lowest BCUT2D eigenvalue weighted by molar-refractivity contribution is 0.0563. The Balaban J connectivity index is 2.26. The summed E-state index contributed by atoms with van der Waals surface area (Å²) in [6.45, 7) is 3.10. The molecule has 0 atom stereocenters. The van der Waals surface area contributed by atoms with Crippen LogP contribution in [0.3, 0.4) is 0 Å². The molecule has 2 rings (SSSR count). The minimum atomic E-state index is -0.477. The van der Waals surface area contributed by atoms with Crippen molar-refractivity contribution in [1.29, 1.82) is 0 Å². The van der Waals surface area contributed by atoms with Gasteiger partial charge in [-0.2, -0.15) is 0 Å². The zero-order valence-electron chi connectivity index (χ0n) is 12.9. The number of esters is 1. The lowest BCUT2D eigenvalue weighted by atomic mass is 10.1. The molecule has 0 radical (unpaired) electrons. The van der Waals surface area contributed by atoms with Gasteiger partial charge in [0.05, 0.1) is 13.7 Å². The van der Waals surface area contributed by atoms with Crippen molar-refractivity contribution in [3.05, 3.63) is 53.5 Å². The number of ether oxygens (including phenoxy) is 1. The number of hydrogen-bond acceptors (Lipinski definition) is 5. The average molecular weight is 303 g/mol. The summed E-state index contributed by atoms with van der Waals surface area (Å²) in [4.78, 5) is 13.7. The summed E-state index contributed by atoms with van der Waals surface area (Å²) in [7, 11) is 1.33. The summed E-state index contributed by atoms with van der Waals surface area (Å²) < 4.78 is 10.3. The fourth-order valence-electron chi connectivity index (χ4n) is 2.37. The van der Waals surface area contributed by atoms with E-state index in [2.05, 4.69) is 0 Å². The van der Waals surface area contributed by atoms with Crippen LogP contribution < -0.4 is 4.90 Å². The van der Waals surface area contributed by atoms with E-state index in [-0.39, 0.29) is 12.4 Å². The maximum atomic E-state index is 11.6. The molecule has 1 aromatic carbocycles. The molecule has 1 heterocycles. The molecule has 5 nitrogen and oxygen atoms in total. The highest BCUT2D eigenvalue weighted by Gasteiger charge is 2.18. The van der Waals surface area contributed by atoms with E-state index in [4.69, 9.17) is 9.15 Å². The van der Waals surface area contributed by atoms with Gasteiger partial charge < -0.3 is 19.2 Å². The number of anilines is 1. The molecule has 5 heteroatoms. The Morgan fingerprint density at radius 1 is 1.32 bits per heavy atom. The van der Waals surface area contributed by atoms with Crippen molar-refractivity contribution in [2.75, 3.05) is 25.2 Å². The summed E-state index contributed by atoms with van der Waals surface area (Å²) >= 11 is 0. The van der Waals surface area contributed by atoms with Crippen LogP contribution in [0.2, 0.25) is 0 Å². The first-order chi connectivity index (χ1) is 10.7. The van der Waals surface area contributed by atoms with Gasteiger partial charge in [0.2, 0.25) is 5.76 Å². The smallest absolute Gasteiger partial charge is 0.373 e. The Morgan fingerprint density at radius 3 is 2.64 bits per heavy atom. The predicted molar refractivity (Wildman–Crippen MR) is 84.0 cm³/mol. The summed E-state index contributed by atoms with van der Waals surface area (Å²) in [5, 5.41) is 9.29. The van der Waals surface area contributed by atoms with E-state index in [1.54, 1.807) is 6.07 Å². The number of para-hydroxylation sites is 1. The van der Waals surface area contributed by atoms with Gasteiger partial charge in [0.15, 0.2) is 0 Å². The molecule has 0 spiro atoms. The van der Waals surface area contributed by atoms with Gasteiger partial charge in [-0.15, -0.1) is 0 Å². The van der Waals surface area contributed by atoms with Crippen LogP contribution in [0.5, 0.6) is 0 Å². The number of furan rings is 1. The Hall–Kier alpha value is -2.27. The molecule has 0 aliphatic rings. The number of hydrogen-bond donors (Lipinski definition) is 1. The Kier molecular flexibility index (Phi) is 5.61. The molecule has 0 amide bonds.